The summed E-state index contributed by atoms with van der Waals surface area (Å²) in [6.45, 7) is 0.503. The number of fused-ring (bicyclic) bond motifs is 1. The van der Waals surface area contributed by atoms with Crippen molar-refractivity contribution in [2.45, 2.75) is 19.3 Å². The molecule has 156 valence electrons. The van der Waals surface area contributed by atoms with E-state index in [1.807, 2.05) is 42.5 Å². The number of nitrogens with two attached hydrogens (primary N) is 1. The summed E-state index contributed by atoms with van der Waals surface area (Å²) >= 11 is 0. The predicted molar refractivity (Wildman–Crippen MR) is 125 cm³/mol. The molecule has 0 aliphatic carbocycles. The van der Waals surface area contributed by atoms with Crippen molar-refractivity contribution in [3.05, 3.63) is 96.1 Å². The number of benzene rings is 4. The van der Waals surface area contributed by atoms with Crippen molar-refractivity contribution in [2.24, 2.45) is 0 Å². The van der Waals surface area contributed by atoms with Crippen molar-refractivity contribution in [3.8, 4) is 16.9 Å². The normalized spacial score (nSPS) is 10.8. The number of carboxylic acid groups (broad SMARTS) is 1. The molecule has 0 unspecified atom stereocenters. The largest absolute Gasteiger partial charge is 0.490 e. The molecule has 4 rings (SSSR count). The van der Waals surface area contributed by atoms with Crippen molar-refractivity contribution in [3.63, 3.8) is 0 Å². The fourth-order valence-corrected chi connectivity index (χ4v) is 3.76. The molecule has 31 heavy (non-hydrogen) atoms. The van der Waals surface area contributed by atoms with Gasteiger partial charge >= 0.3 is 5.97 Å². The topological polar surface area (TPSA) is 72.6 Å². The highest BCUT2D eigenvalue weighted by Gasteiger charge is 2.14. The molecule has 0 spiro atoms. The summed E-state index contributed by atoms with van der Waals surface area (Å²) in [7, 11) is 0. The van der Waals surface area contributed by atoms with E-state index in [-0.39, 0.29) is 6.42 Å². The smallest absolute Gasteiger partial charge is 0.303 e. The first-order valence-electron chi connectivity index (χ1n) is 10.4. The molecule has 4 aromatic rings. The second kappa shape index (κ2) is 9.35. The van der Waals surface area contributed by atoms with Crippen molar-refractivity contribution >= 4 is 22.4 Å². The number of ether oxygens (including phenoxy) is 1. The number of aliphatic carboxylic acids is 1. The number of anilines is 1. The third kappa shape index (κ3) is 5.04. The molecule has 0 saturated carbocycles. The second-order valence-corrected chi connectivity index (χ2v) is 7.60. The van der Waals surface area contributed by atoms with Gasteiger partial charge in [0.2, 0.25) is 0 Å². The van der Waals surface area contributed by atoms with Gasteiger partial charge in [-0.05, 0) is 52.1 Å². The SMILES string of the molecule is Nc1cc(CCC(=O)O)cc(-c2ccc3ccccc3c2)c1OCCc1ccccc1. The Hall–Kier alpha value is -3.79. The summed E-state index contributed by atoms with van der Waals surface area (Å²) in [6.07, 6.45) is 1.26. The lowest BCUT2D eigenvalue weighted by Crippen LogP contribution is -2.06. The summed E-state index contributed by atoms with van der Waals surface area (Å²) in [5, 5.41) is 11.4. The average molecular weight is 412 g/mol. The van der Waals surface area contributed by atoms with Crippen LogP contribution < -0.4 is 10.5 Å². The van der Waals surface area contributed by atoms with Crippen molar-refractivity contribution in [1.82, 2.24) is 0 Å². The van der Waals surface area contributed by atoms with Gasteiger partial charge in [-0.15, -0.1) is 0 Å². The molecule has 0 aliphatic rings. The molecule has 4 nitrogen and oxygen atoms in total. The minimum absolute atomic E-state index is 0.0603. The Labute approximate surface area is 181 Å². The monoisotopic (exact) mass is 411 g/mol. The third-order valence-electron chi connectivity index (χ3n) is 5.35. The highest BCUT2D eigenvalue weighted by molar-refractivity contribution is 5.89. The average Bonchev–Trinajstić information content (AvgIpc) is 2.79. The minimum Gasteiger partial charge on any atom is -0.490 e. The van der Waals surface area contributed by atoms with Gasteiger partial charge in [-0.3, -0.25) is 4.79 Å². The van der Waals surface area contributed by atoms with Crippen LogP contribution in [0, 0.1) is 0 Å². The first-order chi connectivity index (χ1) is 15.1. The van der Waals surface area contributed by atoms with Crippen LogP contribution in [-0.2, 0) is 17.6 Å². The quantitative estimate of drug-likeness (QED) is 0.363. The van der Waals surface area contributed by atoms with E-state index in [9.17, 15) is 4.79 Å². The van der Waals surface area contributed by atoms with Gasteiger partial charge < -0.3 is 15.6 Å². The number of aryl methyl sites for hydroxylation is 1. The molecule has 0 radical (unpaired) electrons. The number of hydrogen-bond donors (Lipinski definition) is 2. The van der Waals surface area contributed by atoms with Crippen LogP contribution in [0.25, 0.3) is 21.9 Å². The van der Waals surface area contributed by atoms with E-state index in [1.54, 1.807) is 0 Å². The molecular formula is C27H25NO3. The maximum Gasteiger partial charge on any atom is 0.303 e. The van der Waals surface area contributed by atoms with E-state index in [0.29, 0.717) is 24.5 Å². The zero-order valence-corrected chi connectivity index (χ0v) is 17.3. The van der Waals surface area contributed by atoms with Gasteiger partial charge in [-0.2, -0.15) is 0 Å². The minimum atomic E-state index is -0.825. The molecule has 3 N–H and O–H groups in total. The predicted octanol–water partition coefficient (Wildman–Crippen LogP) is 5.73. The van der Waals surface area contributed by atoms with Crippen LogP contribution in [0.1, 0.15) is 17.5 Å². The van der Waals surface area contributed by atoms with E-state index in [2.05, 4.69) is 42.5 Å². The highest BCUT2D eigenvalue weighted by atomic mass is 16.5. The Bertz CT molecular complexity index is 1200. The van der Waals surface area contributed by atoms with Crippen molar-refractivity contribution in [2.75, 3.05) is 12.3 Å². The van der Waals surface area contributed by atoms with E-state index in [4.69, 9.17) is 15.6 Å². The van der Waals surface area contributed by atoms with Crippen LogP contribution in [0.2, 0.25) is 0 Å². The molecular weight excluding hydrogens is 386 g/mol. The maximum absolute atomic E-state index is 11.0. The van der Waals surface area contributed by atoms with Crippen LogP contribution in [-0.4, -0.2) is 17.7 Å². The van der Waals surface area contributed by atoms with Gasteiger partial charge in [0.05, 0.1) is 12.3 Å². The number of hydrogen-bond acceptors (Lipinski definition) is 3. The molecule has 0 aromatic heterocycles. The Morgan fingerprint density at radius 3 is 2.32 bits per heavy atom. The molecule has 0 aliphatic heterocycles. The summed E-state index contributed by atoms with van der Waals surface area (Å²) in [4.78, 5) is 11.0. The zero-order chi connectivity index (χ0) is 21.6. The van der Waals surface area contributed by atoms with Crippen LogP contribution in [0.5, 0.6) is 5.75 Å². The fraction of sp³-hybridized carbons (Fsp3) is 0.148. The lowest BCUT2D eigenvalue weighted by Gasteiger charge is -2.17. The van der Waals surface area contributed by atoms with Gasteiger partial charge in [0.25, 0.3) is 0 Å². The zero-order valence-electron chi connectivity index (χ0n) is 17.3. The lowest BCUT2D eigenvalue weighted by molar-refractivity contribution is -0.136. The summed E-state index contributed by atoms with van der Waals surface area (Å²) in [6, 6.07) is 28.4. The Morgan fingerprint density at radius 1 is 0.806 bits per heavy atom. The Morgan fingerprint density at radius 2 is 1.55 bits per heavy atom. The first kappa shape index (κ1) is 20.5. The molecule has 0 amide bonds. The Kier molecular flexibility index (Phi) is 6.18. The molecule has 4 heteroatoms. The summed E-state index contributed by atoms with van der Waals surface area (Å²) < 4.78 is 6.18. The standard InChI is InChI=1S/C27H25NO3/c28-25-17-20(10-13-26(29)30)16-24(23-12-11-21-8-4-5-9-22(21)18-23)27(25)31-15-14-19-6-2-1-3-7-19/h1-9,11-12,16-18H,10,13-15,28H2,(H,29,30). The van der Waals surface area contributed by atoms with E-state index >= 15 is 0 Å². The van der Waals surface area contributed by atoms with E-state index in [1.165, 1.54) is 5.56 Å². The summed E-state index contributed by atoms with van der Waals surface area (Å²) in [5.41, 5.74) is 10.9. The van der Waals surface area contributed by atoms with E-state index < -0.39 is 5.97 Å². The van der Waals surface area contributed by atoms with E-state index in [0.717, 1.165) is 33.9 Å². The number of carbonyl (C=O) groups is 1. The van der Waals surface area contributed by atoms with Crippen LogP contribution in [0.15, 0.2) is 84.9 Å². The van der Waals surface area contributed by atoms with Gasteiger partial charge in [-0.1, -0.05) is 66.7 Å². The fourth-order valence-electron chi connectivity index (χ4n) is 3.76. The van der Waals surface area contributed by atoms with Crippen LogP contribution in [0.4, 0.5) is 5.69 Å². The maximum atomic E-state index is 11.0. The first-order valence-corrected chi connectivity index (χ1v) is 10.4. The van der Waals surface area contributed by atoms with Crippen LogP contribution >= 0.6 is 0 Å². The molecule has 4 aromatic carbocycles. The van der Waals surface area contributed by atoms with Crippen molar-refractivity contribution < 1.29 is 14.6 Å². The lowest BCUT2D eigenvalue weighted by atomic mass is 9.96. The van der Waals surface area contributed by atoms with Crippen molar-refractivity contribution in [1.29, 1.82) is 0 Å². The molecule has 0 atom stereocenters. The number of rotatable bonds is 8. The number of nitrogen functional groups attached to an aromatic ring is 1. The number of carboxylic acids is 1. The molecule has 0 saturated heterocycles. The molecule has 0 heterocycles. The van der Waals surface area contributed by atoms with Gasteiger partial charge in [-0.25, -0.2) is 0 Å². The highest BCUT2D eigenvalue weighted by Crippen LogP contribution is 2.38. The van der Waals surface area contributed by atoms with Gasteiger partial charge in [0, 0.05) is 18.4 Å². The Balaban J connectivity index is 1.68. The van der Waals surface area contributed by atoms with Gasteiger partial charge in [0.1, 0.15) is 5.75 Å². The van der Waals surface area contributed by atoms with Crippen LogP contribution in [0.3, 0.4) is 0 Å². The molecule has 0 bridgehead atoms. The summed E-state index contributed by atoms with van der Waals surface area (Å²) in [5.74, 6) is -0.181. The third-order valence-corrected chi connectivity index (χ3v) is 5.35. The molecule has 0 fully saturated rings. The van der Waals surface area contributed by atoms with Gasteiger partial charge in [0.15, 0.2) is 0 Å². The second-order valence-electron chi connectivity index (χ2n) is 7.60.